The lowest BCUT2D eigenvalue weighted by Crippen LogP contribution is -2.32. The van der Waals surface area contributed by atoms with Gasteiger partial charge in [0.25, 0.3) is 5.91 Å². The van der Waals surface area contributed by atoms with Gasteiger partial charge in [-0.1, -0.05) is 0 Å². The maximum absolute atomic E-state index is 12.6. The number of rotatable bonds is 2. The van der Waals surface area contributed by atoms with Crippen LogP contribution in [0.2, 0.25) is 0 Å². The van der Waals surface area contributed by atoms with Gasteiger partial charge >= 0.3 is 6.18 Å². The SMILES string of the molecule is CN1C(=O)CC(Nc2ccc(C(F)(F)F)cc2C#N)C1=O. The molecule has 1 aliphatic rings. The number of carbonyl (C=O) groups is 2. The highest BCUT2D eigenvalue weighted by Crippen LogP contribution is 2.32. The molecule has 8 heteroatoms. The Bertz CT molecular complexity index is 649. The second-order valence-corrected chi connectivity index (χ2v) is 4.56. The smallest absolute Gasteiger partial charge is 0.372 e. The van der Waals surface area contributed by atoms with Crippen molar-refractivity contribution in [2.45, 2.75) is 18.6 Å². The quantitative estimate of drug-likeness (QED) is 0.844. The van der Waals surface area contributed by atoms with E-state index in [1.165, 1.54) is 7.05 Å². The summed E-state index contributed by atoms with van der Waals surface area (Å²) in [4.78, 5) is 24.0. The highest BCUT2D eigenvalue weighted by atomic mass is 19.4. The number of alkyl halides is 3. The number of amides is 2. The minimum absolute atomic E-state index is 0.0898. The van der Waals surface area contributed by atoms with E-state index in [-0.39, 0.29) is 23.6 Å². The van der Waals surface area contributed by atoms with E-state index in [0.29, 0.717) is 6.07 Å². The number of hydrogen-bond acceptors (Lipinski definition) is 4. The van der Waals surface area contributed by atoms with Crippen molar-refractivity contribution < 1.29 is 22.8 Å². The van der Waals surface area contributed by atoms with Gasteiger partial charge in [-0.15, -0.1) is 0 Å². The predicted molar refractivity (Wildman–Crippen MR) is 66.0 cm³/mol. The Morgan fingerprint density at radius 2 is 2.05 bits per heavy atom. The van der Waals surface area contributed by atoms with Crippen molar-refractivity contribution in [3.8, 4) is 6.07 Å². The van der Waals surface area contributed by atoms with Crippen LogP contribution in [0.25, 0.3) is 0 Å². The molecule has 0 bridgehead atoms. The van der Waals surface area contributed by atoms with Crippen LogP contribution in [0.5, 0.6) is 0 Å². The Morgan fingerprint density at radius 1 is 1.38 bits per heavy atom. The van der Waals surface area contributed by atoms with Crippen molar-refractivity contribution in [1.82, 2.24) is 4.90 Å². The minimum atomic E-state index is -4.55. The lowest BCUT2D eigenvalue weighted by Gasteiger charge is -2.15. The van der Waals surface area contributed by atoms with E-state index in [9.17, 15) is 22.8 Å². The highest BCUT2D eigenvalue weighted by Gasteiger charge is 2.36. The summed E-state index contributed by atoms with van der Waals surface area (Å²) in [5.41, 5.74) is -1.10. The van der Waals surface area contributed by atoms with E-state index in [4.69, 9.17) is 5.26 Å². The van der Waals surface area contributed by atoms with Crippen LogP contribution >= 0.6 is 0 Å². The minimum Gasteiger partial charge on any atom is -0.372 e. The first-order chi connectivity index (χ1) is 9.74. The van der Waals surface area contributed by atoms with E-state index < -0.39 is 23.7 Å². The maximum atomic E-state index is 12.6. The molecule has 0 saturated carbocycles. The first-order valence-electron chi connectivity index (χ1n) is 5.92. The zero-order chi connectivity index (χ0) is 15.8. The second-order valence-electron chi connectivity index (χ2n) is 4.56. The van der Waals surface area contributed by atoms with E-state index in [0.717, 1.165) is 17.0 Å². The molecule has 2 amide bonds. The molecule has 1 heterocycles. The van der Waals surface area contributed by atoms with Gasteiger partial charge in [0.05, 0.1) is 23.2 Å². The summed E-state index contributed by atoms with van der Waals surface area (Å²) in [6, 6.07) is 3.37. The third kappa shape index (κ3) is 2.81. The third-order valence-corrected chi connectivity index (χ3v) is 3.18. The highest BCUT2D eigenvalue weighted by molar-refractivity contribution is 6.06. The average molecular weight is 297 g/mol. The predicted octanol–water partition coefficient (Wildman–Crippen LogP) is 1.75. The van der Waals surface area contributed by atoms with Crippen molar-refractivity contribution in [3.63, 3.8) is 0 Å². The summed E-state index contributed by atoms with van der Waals surface area (Å²) in [6.07, 6.45) is -4.65. The summed E-state index contributed by atoms with van der Waals surface area (Å²) < 4.78 is 37.7. The van der Waals surface area contributed by atoms with Crippen molar-refractivity contribution in [2.75, 3.05) is 12.4 Å². The molecule has 1 aromatic carbocycles. The molecule has 1 aliphatic heterocycles. The van der Waals surface area contributed by atoms with Gasteiger partial charge in [-0.05, 0) is 18.2 Å². The number of anilines is 1. The van der Waals surface area contributed by atoms with Crippen molar-refractivity contribution in [2.24, 2.45) is 0 Å². The Labute approximate surface area is 118 Å². The Hall–Kier alpha value is -2.56. The molecule has 0 radical (unpaired) electrons. The monoisotopic (exact) mass is 297 g/mol. The number of likely N-dealkylation sites (tertiary alicyclic amines) is 1. The van der Waals surface area contributed by atoms with Crippen molar-refractivity contribution in [1.29, 1.82) is 5.26 Å². The summed E-state index contributed by atoms with van der Waals surface area (Å²) in [6.45, 7) is 0. The molecular formula is C13H10F3N3O2. The summed E-state index contributed by atoms with van der Waals surface area (Å²) in [5.74, 6) is -0.869. The molecule has 5 nitrogen and oxygen atoms in total. The van der Waals surface area contributed by atoms with Gasteiger partial charge in [-0.2, -0.15) is 18.4 Å². The zero-order valence-electron chi connectivity index (χ0n) is 10.9. The fourth-order valence-electron chi connectivity index (χ4n) is 1.99. The number of halogens is 3. The molecule has 1 saturated heterocycles. The number of benzene rings is 1. The number of hydrogen-bond donors (Lipinski definition) is 1. The largest absolute Gasteiger partial charge is 0.416 e. The zero-order valence-corrected chi connectivity index (χ0v) is 10.9. The van der Waals surface area contributed by atoms with Gasteiger partial charge in [0, 0.05) is 7.05 Å². The summed E-state index contributed by atoms with van der Waals surface area (Å²) in [7, 11) is 1.32. The molecule has 21 heavy (non-hydrogen) atoms. The fourth-order valence-corrected chi connectivity index (χ4v) is 1.99. The Balaban J connectivity index is 2.28. The topological polar surface area (TPSA) is 73.2 Å². The molecule has 0 spiro atoms. The van der Waals surface area contributed by atoms with Crippen LogP contribution in [0.3, 0.4) is 0 Å². The standard InChI is InChI=1S/C13H10F3N3O2/c1-19-11(20)5-10(12(19)21)18-9-3-2-8(13(14,15)16)4-7(9)6-17/h2-4,10,18H,5H2,1H3. The summed E-state index contributed by atoms with van der Waals surface area (Å²) >= 11 is 0. The molecule has 1 atom stereocenters. The molecule has 110 valence electrons. The molecule has 1 N–H and O–H groups in total. The molecule has 1 unspecified atom stereocenters. The molecule has 0 aromatic heterocycles. The van der Waals surface area contributed by atoms with Crippen molar-refractivity contribution >= 4 is 17.5 Å². The lowest BCUT2D eigenvalue weighted by molar-refractivity contribution is -0.138. The lowest BCUT2D eigenvalue weighted by atomic mass is 10.1. The summed E-state index contributed by atoms with van der Waals surface area (Å²) in [5, 5.41) is 11.6. The molecule has 1 aromatic rings. The van der Waals surface area contributed by atoms with Crippen LogP contribution in [-0.2, 0) is 15.8 Å². The van der Waals surface area contributed by atoms with E-state index in [1.54, 1.807) is 6.07 Å². The number of likely N-dealkylation sites (N-methyl/N-ethyl adjacent to an activating group) is 1. The van der Waals surface area contributed by atoms with Gasteiger partial charge in [0.1, 0.15) is 12.1 Å². The van der Waals surface area contributed by atoms with Gasteiger partial charge in [-0.3, -0.25) is 14.5 Å². The number of carbonyl (C=O) groups excluding carboxylic acids is 2. The average Bonchev–Trinajstić information content (AvgIpc) is 2.65. The third-order valence-electron chi connectivity index (χ3n) is 3.18. The van der Waals surface area contributed by atoms with Crippen LogP contribution < -0.4 is 5.32 Å². The van der Waals surface area contributed by atoms with Gasteiger partial charge in [-0.25, -0.2) is 0 Å². The molecule has 0 aliphatic carbocycles. The second kappa shape index (κ2) is 5.09. The first kappa shape index (κ1) is 14.8. The normalized spacial score (nSPS) is 18.8. The van der Waals surface area contributed by atoms with Crippen LogP contribution in [0.1, 0.15) is 17.5 Å². The number of nitrogens with zero attached hydrogens (tertiary/aromatic N) is 2. The van der Waals surface area contributed by atoms with E-state index >= 15 is 0 Å². The van der Waals surface area contributed by atoms with E-state index in [2.05, 4.69) is 5.32 Å². The van der Waals surface area contributed by atoms with Gasteiger partial charge < -0.3 is 5.32 Å². The molecule has 2 rings (SSSR count). The molecular weight excluding hydrogens is 287 g/mol. The van der Waals surface area contributed by atoms with Gasteiger partial charge in [0.15, 0.2) is 0 Å². The van der Waals surface area contributed by atoms with Crippen LogP contribution in [-0.4, -0.2) is 29.8 Å². The van der Waals surface area contributed by atoms with E-state index in [1.807, 2.05) is 0 Å². The first-order valence-corrected chi connectivity index (χ1v) is 5.92. The molecule has 1 fully saturated rings. The van der Waals surface area contributed by atoms with Gasteiger partial charge in [0.2, 0.25) is 5.91 Å². The maximum Gasteiger partial charge on any atom is 0.416 e. The van der Waals surface area contributed by atoms with Crippen LogP contribution in [0.4, 0.5) is 18.9 Å². The van der Waals surface area contributed by atoms with Crippen LogP contribution in [0.15, 0.2) is 18.2 Å². The fraction of sp³-hybridized carbons (Fsp3) is 0.308. The van der Waals surface area contributed by atoms with Crippen LogP contribution in [0, 0.1) is 11.3 Å². The number of nitrogens with one attached hydrogen (secondary N) is 1. The Morgan fingerprint density at radius 3 is 2.52 bits per heavy atom. The van der Waals surface area contributed by atoms with Crippen molar-refractivity contribution in [3.05, 3.63) is 29.3 Å². The number of nitriles is 1. The Kier molecular flexibility index (Phi) is 3.60. The number of imide groups is 1.